The fourth-order valence-electron chi connectivity index (χ4n) is 2.29. The number of halogens is 2. The molecule has 2 N–H and O–H groups in total. The molecule has 2 rings (SSSR count). The van der Waals surface area contributed by atoms with Crippen LogP contribution in [-0.2, 0) is 11.3 Å². The van der Waals surface area contributed by atoms with E-state index in [-0.39, 0.29) is 18.3 Å². The number of methoxy groups -OCH3 is 1. The first-order valence-corrected chi connectivity index (χ1v) is 7.55. The minimum Gasteiger partial charge on any atom is -0.496 e. The van der Waals surface area contributed by atoms with E-state index in [1.165, 1.54) is 12.1 Å². The van der Waals surface area contributed by atoms with Gasteiger partial charge in [-0.15, -0.1) is 0 Å². The standard InChI is InChI=1S/C17H18ClFN2O2/c1-21(10-12-9-14(19)5-8-16(12)23-2)11-17(22)20-15-6-3-13(18)4-7-15/h3-9H,10-11H2,1-2H3,(H,20,22)/p+1. The molecule has 0 aliphatic carbocycles. The van der Waals surface area contributed by atoms with Gasteiger partial charge >= 0.3 is 0 Å². The van der Waals surface area contributed by atoms with Gasteiger partial charge in [0.25, 0.3) is 5.91 Å². The van der Waals surface area contributed by atoms with Crippen molar-refractivity contribution < 1.29 is 18.8 Å². The first kappa shape index (κ1) is 17.2. The number of amides is 1. The molecule has 23 heavy (non-hydrogen) atoms. The van der Waals surface area contributed by atoms with Crippen LogP contribution in [0.25, 0.3) is 0 Å². The van der Waals surface area contributed by atoms with Gasteiger partial charge < -0.3 is 15.0 Å². The fraction of sp³-hybridized carbons (Fsp3) is 0.235. The Labute approximate surface area is 139 Å². The van der Waals surface area contributed by atoms with Crippen LogP contribution in [0.2, 0.25) is 5.02 Å². The molecule has 0 saturated carbocycles. The van der Waals surface area contributed by atoms with E-state index in [1.807, 2.05) is 7.05 Å². The maximum Gasteiger partial charge on any atom is 0.279 e. The molecule has 4 nitrogen and oxygen atoms in total. The highest BCUT2D eigenvalue weighted by molar-refractivity contribution is 6.30. The van der Waals surface area contributed by atoms with Crippen molar-refractivity contribution in [1.82, 2.24) is 0 Å². The van der Waals surface area contributed by atoms with Crippen molar-refractivity contribution >= 4 is 23.2 Å². The predicted octanol–water partition coefficient (Wildman–Crippen LogP) is 2.14. The molecule has 0 aliphatic heterocycles. The molecule has 6 heteroatoms. The van der Waals surface area contributed by atoms with Crippen LogP contribution in [0.3, 0.4) is 0 Å². The maximum absolute atomic E-state index is 13.4. The normalized spacial score (nSPS) is 11.8. The molecule has 0 saturated heterocycles. The summed E-state index contributed by atoms with van der Waals surface area (Å²) in [6, 6.07) is 11.3. The van der Waals surface area contributed by atoms with Crippen molar-refractivity contribution in [3.05, 3.63) is 58.9 Å². The molecule has 122 valence electrons. The van der Waals surface area contributed by atoms with Crippen molar-refractivity contribution in [3.8, 4) is 5.75 Å². The SMILES string of the molecule is COc1ccc(F)cc1C[NH+](C)CC(=O)Nc1ccc(Cl)cc1. The number of likely N-dealkylation sites (N-methyl/N-ethyl adjacent to an activating group) is 1. The third-order valence-electron chi connectivity index (χ3n) is 3.32. The molecule has 0 fully saturated rings. The summed E-state index contributed by atoms with van der Waals surface area (Å²) in [6.07, 6.45) is 0. The Hall–Kier alpha value is -2.11. The number of hydrogen-bond donors (Lipinski definition) is 2. The average molecular weight is 338 g/mol. The molecule has 0 aliphatic rings. The van der Waals surface area contributed by atoms with Crippen LogP contribution < -0.4 is 15.0 Å². The van der Waals surface area contributed by atoms with Gasteiger partial charge in [0.05, 0.1) is 19.7 Å². The van der Waals surface area contributed by atoms with Gasteiger partial charge in [0, 0.05) is 10.7 Å². The highest BCUT2D eigenvalue weighted by atomic mass is 35.5. The van der Waals surface area contributed by atoms with E-state index in [4.69, 9.17) is 16.3 Å². The number of benzene rings is 2. The van der Waals surface area contributed by atoms with Crippen LogP contribution >= 0.6 is 11.6 Å². The van der Waals surface area contributed by atoms with E-state index in [2.05, 4.69) is 5.32 Å². The molecule has 0 bridgehead atoms. The van der Waals surface area contributed by atoms with Crippen molar-refractivity contribution in [2.45, 2.75) is 6.54 Å². The molecule has 0 aromatic heterocycles. The van der Waals surface area contributed by atoms with Gasteiger partial charge in [-0.25, -0.2) is 4.39 Å². The number of anilines is 1. The topological polar surface area (TPSA) is 42.8 Å². The van der Waals surface area contributed by atoms with E-state index in [1.54, 1.807) is 37.4 Å². The van der Waals surface area contributed by atoms with E-state index in [0.29, 0.717) is 23.0 Å². The van der Waals surface area contributed by atoms with Gasteiger partial charge in [-0.05, 0) is 42.5 Å². The van der Waals surface area contributed by atoms with Crippen molar-refractivity contribution in [2.24, 2.45) is 0 Å². The zero-order valence-corrected chi connectivity index (χ0v) is 13.8. The zero-order valence-electron chi connectivity index (χ0n) is 13.0. The Kier molecular flexibility index (Phi) is 5.96. The van der Waals surface area contributed by atoms with Crippen molar-refractivity contribution in [3.63, 3.8) is 0 Å². The molecule has 0 heterocycles. The summed E-state index contributed by atoms with van der Waals surface area (Å²) < 4.78 is 18.6. The van der Waals surface area contributed by atoms with E-state index in [9.17, 15) is 9.18 Å². The lowest BCUT2D eigenvalue weighted by molar-refractivity contribution is -0.885. The second-order valence-corrected chi connectivity index (χ2v) is 5.76. The molecule has 2 aromatic rings. The van der Waals surface area contributed by atoms with Gasteiger partial charge in [0.15, 0.2) is 6.54 Å². The van der Waals surface area contributed by atoms with Crippen LogP contribution in [-0.4, -0.2) is 26.6 Å². The average Bonchev–Trinajstić information content (AvgIpc) is 2.49. The highest BCUT2D eigenvalue weighted by Gasteiger charge is 2.14. The Morgan fingerprint density at radius 1 is 1.26 bits per heavy atom. The van der Waals surface area contributed by atoms with Gasteiger partial charge in [-0.2, -0.15) is 0 Å². The van der Waals surface area contributed by atoms with Crippen LogP contribution in [0.4, 0.5) is 10.1 Å². The summed E-state index contributed by atoms with van der Waals surface area (Å²) in [5, 5.41) is 3.42. The number of rotatable bonds is 6. The summed E-state index contributed by atoms with van der Waals surface area (Å²) in [7, 11) is 3.41. The third-order valence-corrected chi connectivity index (χ3v) is 3.58. The first-order valence-electron chi connectivity index (χ1n) is 7.17. The Balaban J connectivity index is 1.93. The molecule has 2 aromatic carbocycles. The quantitative estimate of drug-likeness (QED) is 0.848. The second-order valence-electron chi connectivity index (χ2n) is 5.32. The van der Waals surface area contributed by atoms with Crippen LogP contribution in [0, 0.1) is 5.82 Å². The van der Waals surface area contributed by atoms with Crippen LogP contribution in [0.1, 0.15) is 5.56 Å². The first-order chi connectivity index (χ1) is 11.0. The Bertz CT molecular complexity index is 677. The Morgan fingerprint density at radius 3 is 2.61 bits per heavy atom. The lowest BCUT2D eigenvalue weighted by Gasteiger charge is -2.16. The fourth-order valence-corrected chi connectivity index (χ4v) is 2.41. The molecule has 0 radical (unpaired) electrons. The van der Waals surface area contributed by atoms with Crippen molar-refractivity contribution in [2.75, 3.05) is 26.0 Å². The summed E-state index contributed by atoms with van der Waals surface area (Å²) in [5.41, 5.74) is 1.42. The summed E-state index contributed by atoms with van der Waals surface area (Å²) in [5.74, 6) is 0.170. The molecule has 0 spiro atoms. The molecule has 1 atom stereocenters. The zero-order chi connectivity index (χ0) is 16.8. The van der Waals surface area contributed by atoms with Gasteiger partial charge in [0.2, 0.25) is 0 Å². The smallest absolute Gasteiger partial charge is 0.279 e. The maximum atomic E-state index is 13.4. The van der Waals surface area contributed by atoms with Gasteiger partial charge in [-0.3, -0.25) is 4.79 Å². The van der Waals surface area contributed by atoms with Crippen molar-refractivity contribution in [1.29, 1.82) is 0 Å². The molecular formula is C17H19ClFN2O2+. The van der Waals surface area contributed by atoms with Gasteiger partial charge in [-0.1, -0.05) is 11.6 Å². The third kappa shape index (κ3) is 5.23. The van der Waals surface area contributed by atoms with E-state index in [0.717, 1.165) is 10.5 Å². The minimum absolute atomic E-state index is 0.125. The largest absolute Gasteiger partial charge is 0.496 e. The Morgan fingerprint density at radius 2 is 1.96 bits per heavy atom. The number of carbonyl (C=O) groups is 1. The summed E-state index contributed by atoms with van der Waals surface area (Å²) >= 11 is 5.80. The number of carbonyl (C=O) groups excluding carboxylic acids is 1. The summed E-state index contributed by atoms with van der Waals surface area (Å²) in [6.45, 7) is 0.733. The number of hydrogen-bond acceptors (Lipinski definition) is 2. The van der Waals surface area contributed by atoms with E-state index < -0.39 is 0 Å². The predicted molar refractivity (Wildman–Crippen MR) is 88.5 cm³/mol. The molecule has 1 amide bonds. The van der Waals surface area contributed by atoms with Crippen LogP contribution in [0.5, 0.6) is 5.75 Å². The minimum atomic E-state index is -0.320. The molecule has 1 unspecified atom stereocenters. The van der Waals surface area contributed by atoms with E-state index >= 15 is 0 Å². The highest BCUT2D eigenvalue weighted by Crippen LogP contribution is 2.18. The number of nitrogens with one attached hydrogen (secondary N) is 2. The lowest BCUT2D eigenvalue weighted by atomic mass is 10.2. The summed E-state index contributed by atoms with van der Waals surface area (Å²) in [4.78, 5) is 13.0. The molecular weight excluding hydrogens is 319 g/mol. The number of ether oxygens (including phenoxy) is 1. The number of quaternary nitrogens is 1. The van der Waals surface area contributed by atoms with Gasteiger partial charge in [0.1, 0.15) is 18.1 Å². The monoisotopic (exact) mass is 337 g/mol. The van der Waals surface area contributed by atoms with Crippen LogP contribution in [0.15, 0.2) is 42.5 Å². The second kappa shape index (κ2) is 7.94. The lowest BCUT2D eigenvalue weighted by Crippen LogP contribution is -3.08.